The van der Waals surface area contributed by atoms with Gasteiger partial charge in [0, 0.05) is 12.1 Å². The van der Waals surface area contributed by atoms with Gasteiger partial charge in [-0.25, -0.2) is 0 Å². The topological polar surface area (TPSA) is 116 Å². The lowest BCUT2D eigenvalue weighted by molar-refractivity contribution is 0.0820. The molecule has 2 aromatic rings. The highest BCUT2D eigenvalue weighted by Crippen LogP contribution is 2.47. The van der Waals surface area contributed by atoms with Crippen molar-refractivity contribution in [2.45, 2.75) is 6.42 Å². The third kappa shape index (κ3) is 2.54. The second-order valence-electron chi connectivity index (χ2n) is 5.54. The van der Waals surface area contributed by atoms with Crippen LogP contribution in [0.3, 0.4) is 0 Å². The number of hydrogen-bond acceptors (Lipinski definition) is 7. The second kappa shape index (κ2) is 5.84. The number of hydrogen-bond donors (Lipinski definition) is 4. The molecule has 0 aliphatic carbocycles. The molecule has 24 heavy (non-hydrogen) atoms. The van der Waals surface area contributed by atoms with Crippen molar-refractivity contribution in [1.29, 1.82) is 0 Å². The summed E-state index contributed by atoms with van der Waals surface area (Å²) in [5, 5.41) is 39.0. The Balaban J connectivity index is 1.95. The summed E-state index contributed by atoms with van der Waals surface area (Å²) in [7, 11) is 1.32. The Morgan fingerprint density at radius 3 is 2.54 bits per heavy atom. The van der Waals surface area contributed by atoms with Gasteiger partial charge >= 0.3 is 0 Å². The van der Waals surface area contributed by atoms with Crippen LogP contribution in [0.25, 0.3) is 0 Å². The van der Waals surface area contributed by atoms with Crippen molar-refractivity contribution < 1.29 is 34.7 Å². The molecule has 126 valence electrons. The van der Waals surface area contributed by atoms with Crippen LogP contribution in [0.2, 0.25) is 0 Å². The first-order valence-corrected chi connectivity index (χ1v) is 7.23. The summed E-state index contributed by atoms with van der Waals surface area (Å²) in [6, 6.07) is 5.15. The van der Waals surface area contributed by atoms with Gasteiger partial charge < -0.3 is 29.9 Å². The quantitative estimate of drug-likeness (QED) is 0.679. The number of benzene rings is 2. The molecule has 0 amide bonds. The van der Waals surface area contributed by atoms with E-state index in [1.54, 1.807) is 0 Å². The lowest BCUT2D eigenvalue weighted by Gasteiger charge is -2.26. The van der Waals surface area contributed by atoms with E-state index in [4.69, 9.17) is 9.47 Å². The van der Waals surface area contributed by atoms with E-state index in [9.17, 15) is 25.2 Å². The van der Waals surface area contributed by atoms with Crippen LogP contribution in [-0.2, 0) is 6.42 Å². The summed E-state index contributed by atoms with van der Waals surface area (Å²) in [6.07, 6.45) is 0.174. The predicted molar refractivity (Wildman–Crippen MR) is 83.1 cm³/mol. The van der Waals surface area contributed by atoms with E-state index in [1.807, 2.05) is 0 Å². The van der Waals surface area contributed by atoms with Gasteiger partial charge in [-0.1, -0.05) is 6.07 Å². The molecule has 0 unspecified atom stereocenters. The predicted octanol–water partition coefficient (Wildman–Crippen LogP) is 1.95. The Bertz CT molecular complexity index is 813. The number of fused-ring (bicyclic) bond motifs is 1. The first-order chi connectivity index (χ1) is 11.4. The van der Waals surface area contributed by atoms with E-state index in [0.29, 0.717) is 5.56 Å². The summed E-state index contributed by atoms with van der Waals surface area (Å²) in [5.74, 6) is -1.93. The zero-order chi connectivity index (χ0) is 17.4. The van der Waals surface area contributed by atoms with E-state index in [-0.39, 0.29) is 53.1 Å². The molecule has 0 aromatic heterocycles. The molecule has 1 aliphatic heterocycles. The Labute approximate surface area is 137 Å². The molecule has 0 spiro atoms. The normalized spacial score (nSPS) is 16.4. The fourth-order valence-electron chi connectivity index (χ4n) is 2.79. The van der Waals surface area contributed by atoms with Crippen molar-refractivity contribution in [3.63, 3.8) is 0 Å². The van der Waals surface area contributed by atoms with Gasteiger partial charge in [0.05, 0.1) is 19.6 Å². The Kier molecular flexibility index (Phi) is 3.84. The minimum Gasteiger partial charge on any atom is -0.508 e. The molecule has 0 radical (unpaired) electrons. The molecule has 0 saturated heterocycles. The number of carbonyl (C=O) groups excluding carboxylic acids is 1. The van der Waals surface area contributed by atoms with Gasteiger partial charge in [0.2, 0.25) is 5.75 Å². The zero-order valence-electron chi connectivity index (χ0n) is 12.8. The van der Waals surface area contributed by atoms with Crippen LogP contribution < -0.4 is 9.47 Å². The maximum absolute atomic E-state index is 12.7. The number of methoxy groups -OCH3 is 1. The number of ketones is 1. The van der Waals surface area contributed by atoms with Crippen LogP contribution in [0.4, 0.5) is 0 Å². The van der Waals surface area contributed by atoms with E-state index >= 15 is 0 Å². The number of Topliss-reactive ketones (excluding diaryl/α,β-unsaturated/α-hetero) is 1. The average molecular weight is 332 g/mol. The highest BCUT2D eigenvalue weighted by Gasteiger charge is 2.35. The number of ether oxygens (including phenoxy) is 2. The van der Waals surface area contributed by atoms with Crippen molar-refractivity contribution in [2.24, 2.45) is 5.92 Å². The highest BCUT2D eigenvalue weighted by molar-refractivity contribution is 6.05. The molecule has 1 aliphatic rings. The molecule has 0 fully saturated rings. The summed E-state index contributed by atoms with van der Waals surface area (Å²) in [4.78, 5) is 12.7. The van der Waals surface area contributed by atoms with E-state index < -0.39 is 11.7 Å². The van der Waals surface area contributed by atoms with E-state index in [0.717, 1.165) is 6.07 Å². The fourth-order valence-corrected chi connectivity index (χ4v) is 2.79. The summed E-state index contributed by atoms with van der Waals surface area (Å²) in [6.45, 7) is 0.00536. The van der Waals surface area contributed by atoms with Crippen LogP contribution in [0, 0.1) is 5.92 Å². The van der Waals surface area contributed by atoms with Gasteiger partial charge in [-0.15, -0.1) is 0 Å². The number of rotatable bonds is 3. The summed E-state index contributed by atoms with van der Waals surface area (Å²) >= 11 is 0. The van der Waals surface area contributed by atoms with Gasteiger partial charge in [-0.3, -0.25) is 4.79 Å². The smallest absolute Gasteiger partial charge is 0.204 e. The first kappa shape index (κ1) is 15.8. The SMILES string of the molecule is COc1c(O)cc(O)c2c1OC[C@@H](Cc1ccc(O)cc1O)C2=O. The molecule has 1 atom stereocenters. The minimum absolute atomic E-state index is 0.00536. The third-order valence-electron chi connectivity index (χ3n) is 3.98. The van der Waals surface area contributed by atoms with Crippen molar-refractivity contribution in [1.82, 2.24) is 0 Å². The van der Waals surface area contributed by atoms with Crippen LogP contribution in [-0.4, -0.2) is 39.9 Å². The molecule has 7 nitrogen and oxygen atoms in total. The lowest BCUT2D eigenvalue weighted by Crippen LogP contribution is -2.30. The lowest BCUT2D eigenvalue weighted by atomic mass is 9.88. The molecular formula is C17H16O7. The van der Waals surface area contributed by atoms with E-state index in [1.165, 1.54) is 25.3 Å². The van der Waals surface area contributed by atoms with Crippen LogP contribution in [0.1, 0.15) is 15.9 Å². The van der Waals surface area contributed by atoms with E-state index in [2.05, 4.69) is 0 Å². The number of aromatic hydroxyl groups is 4. The van der Waals surface area contributed by atoms with Crippen LogP contribution in [0.15, 0.2) is 24.3 Å². The zero-order valence-corrected chi connectivity index (χ0v) is 12.8. The van der Waals surface area contributed by atoms with Crippen molar-refractivity contribution in [3.8, 4) is 34.5 Å². The monoisotopic (exact) mass is 332 g/mol. The Morgan fingerprint density at radius 1 is 1.12 bits per heavy atom. The molecule has 1 heterocycles. The van der Waals surface area contributed by atoms with Crippen molar-refractivity contribution >= 4 is 5.78 Å². The number of phenols is 4. The maximum atomic E-state index is 12.7. The van der Waals surface area contributed by atoms with Gasteiger partial charge in [0.1, 0.15) is 22.8 Å². The first-order valence-electron chi connectivity index (χ1n) is 7.23. The molecule has 4 N–H and O–H groups in total. The van der Waals surface area contributed by atoms with Crippen LogP contribution in [0.5, 0.6) is 34.5 Å². The number of carbonyl (C=O) groups is 1. The van der Waals surface area contributed by atoms with Gasteiger partial charge in [0.15, 0.2) is 17.3 Å². The van der Waals surface area contributed by atoms with Gasteiger partial charge in [0.25, 0.3) is 0 Å². The van der Waals surface area contributed by atoms with Gasteiger partial charge in [-0.2, -0.15) is 0 Å². The highest BCUT2D eigenvalue weighted by atomic mass is 16.5. The fraction of sp³-hybridized carbons (Fsp3) is 0.235. The number of phenolic OH excluding ortho intramolecular Hbond substituents is 4. The molecule has 0 bridgehead atoms. The summed E-state index contributed by atoms with van der Waals surface area (Å²) < 4.78 is 10.6. The minimum atomic E-state index is -0.631. The molecular weight excluding hydrogens is 316 g/mol. The van der Waals surface area contributed by atoms with Crippen LogP contribution >= 0.6 is 0 Å². The molecule has 0 saturated carbocycles. The maximum Gasteiger partial charge on any atom is 0.204 e. The average Bonchev–Trinajstić information content (AvgIpc) is 2.52. The van der Waals surface area contributed by atoms with Gasteiger partial charge in [-0.05, 0) is 18.1 Å². The molecule has 7 heteroatoms. The summed E-state index contributed by atoms with van der Waals surface area (Å²) in [5.41, 5.74) is 0.419. The largest absolute Gasteiger partial charge is 0.508 e. The molecule has 2 aromatic carbocycles. The van der Waals surface area contributed by atoms with Crippen molar-refractivity contribution in [2.75, 3.05) is 13.7 Å². The Morgan fingerprint density at radius 2 is 1.88 bits per heavy atom. The van der Waals surface area contributed by atoms with Crippen molar-refractivity contribution in [3.05, 3.63) is 35.4 Å². The Hall–Kier alpha value is -3.09. The third-order valence-corrected chi connectivity index (χ3v) is 3.98. The standard InChI is InChI=1S/C17H16O7/c1-23-16-13(21)6-12(20)14-15(22)9(7-24-17(14)16)4-8-2-3-10(18)5-11(8)19/h2-3,5-6,9,18-21H,4,7H2,1H3/t9-/m1/s1. The second-order valence-corrected chi connectivity index (χ2v) is 5.54. The molecule has 3 rings (SSSR count).